The summed E-state index contributed by atoms with van der Waals surface area (Å²) in [4.78, 5) is 2.44. The third-order valence-electron chi connectivity index (χ3n) is 4.36. The van der Waals surface area contributed by atoms with Crippen molar-refractivity contribution in [2.45, 2.75) is 12.8 Å². The number of nitrogens with zero attached hydrogens (tertiary/aromatic N) is 1. The quantitative estimate of drug-likeness (QED) is 0.558. The van der Waals surface area contributed by atoms with Crippen LogP contribution in [0.1, 0.15) is 12.8 Å². The first-order valence-electron chi connectivity index (χ1n) is 9.06. The molecule has 4 N–H and O–H groups in total. The summed E-state index contributed by atoms with van der Waals surface area (Å²) >= 11 is 0. The number of hydrogen-bond acceptors (Lipinski definition) is 6. The molecule has 1 fully saturated rings. The van der Waals surface area contributed by atoms with Gasteiger partial charge in [-0.1, -0.05) is 0 Å². The molecule has 2 aromatic rings. The summed E-state index contributed by atoms with van der Waals surface area (Å²) in [7, 11) is 0. The fraction of sp³-hybridized carbons (Fsp3) is 0.400. The predicted molar refractivity (Wildman–Crippen MR) is 104 cm³/mol. The lowest BCUT2D eigenvalue weighted by atomic mass is 10.2. The van der Waals surface area contributed by atoms with E-state index >= 15 is 0 Å². The van der Waals surface area contributed by atoms with E-state index in [0.717, 1.165) is 63.8 Å². The molecule has 0 aliphatic carbocycles. The molecule has 1 heterocycles. The first-order valence-corrected chi connectivity index (χ1v) is 9.06. The molecular weight excluding hydrogens is 330 g/mol. The summed E-state index contributed by atoms with van der Waals surface area (Å²) in [6.45, 7) is 5.63. The Morgan fingerprint density at radius 2 is 1.54 bits per heavy atom. The molecule has 0 saturated carbocycles. The molecule has 0 spiro atoms. The van der Waals surface area contributed by atoms with Crippen LogP contribution in [0.25, 0.3) is 0 Å². The van der Waals surface area contributed by atoms with Gasteiger partial charge in [0.25, 0.3) is 0 Å². The monoisotopic (exact) mass is 357 g/mol. The smallest absolute Gasteiger partial charge is 0.129 e. The van der Waals surface area contributed by atoms with Crippen molar-refractivity contribution in [1.29, 1.82) is 0 Å². The Kier molecular flexibility index (Phi) is 6.57. The predicted octanol–water partition coefficient (Wildman–Crippen LogP) is 3.13. The van der Waals surface area contributed by atoms with Gasteiger partial charge in [-0.3, -0.25) is 4.90 Å². The van der Waals surface area contributed by atoms with E-state index in [-0.39, 0.29) is 0 Å². The highest BCUT2D eigenvalue weighted by Crippen LogP contribution is 2.27. The van der Waals surface area contributed by atoms with E-state index in [0.29, 0.717) is 17.1 Å². The topological polar surface area (TPSA) is 83.0 Å². The van der Waals surface area contributed by atoms with Crippen LogP contribution in [0.2, 0.25) is 0 Å². The summed E-state index contributed by atoms with van der Waals surface area (Å²) in [5, 5.41) is 0. The number of nitrogens with two attached hydrogens (primary N) is 2. The van der Waals surface area contributed by atoms with Gasteiger partial charge in [0.1, 0.15) is 17.2 Å². The van der Waals surface area contributed by atoms with Gasteiger partial charge in [0.05, 0.1) is 31.2 Å². The second kappa shape index (κ2) is 9.31. The van der Waals surface area contributed by atoms with Crippen LogP contribution >= 0.6 is 0 Å². The highest BCUT2D eigenvalue weighted by molar-refractivity contribution is 5.65. The lowest BCUT2D eigenvalue weighted by Crippen LogP contribution is -2.36. The molecule has 3 rings (SSSR count). The zero-order chi connectivity index (χ0) is 18.2. The highest BCUT2D eigenvalue weighted by Gasteiger charge is 2.09. The minimum absolute atomic E-state index is 0.513. The third kappa shape index (κ3) is 5.54. The zero-order valence-electron chi connectivity index (χ0n) is 15.0. The number of unbranched alkanes of at least 4 members (excludes halogenated alkanes) is 1. The van der Waals surface area contributed by atoms with Crippen molar-refractivity contribution >= 4 is 11.4 Å². The number of benzene rings is 2. The van der Waals surface area contributed by atoms with Gasteiger partial charge in [-0.05, 0) is 55.8 Å². The van der Waals surface area contributed by atoms with Crippen molar-refractivity contribution < 1.29 is 14.2 Å². The second-order valence-corrected chi connectivity index (χ2v) is 6.37. The molecular formula is C20H27N3O3. The molecule has 140 valence electrons. The van der Waals surface area contributed by atoms with Crippen molar-refractivity contribution in [2.75, 3.05) is 50.9 Å². The van der Waals surface area contributed by atoms with Gasteiger partial charge >= 0.3 is 0 Å². The second-order valence-electron chi connectivity index (χ2n) is 6.37. The van der Waals surface area contributed by atoms with Gasteiger partial charge < -0.3 is 25.7 Å². The van der Waals surface area contributed by atoms with Crippen molar-refractivity contribution in [1.82, 2.24) is 4.90 Å². The highest BCUT2D eigenvalue weighted by atomic mass is 16.5. The molecule has 0 radical (unpaired) electrons. The van der Waals surface area contributed by atoms with Crippen LogP contribution in [-0.2, 0) is 4.74 Å². The molecule has 6 heteroatoms. The van der Waals surface area contributed by atoms with Gasteiger partial charge in [-0.25, -0.2) is 0 Å². The van der Waals surface area contributed by atoms with Crippen molar-refractivity contribution in [3.8, 4) is 17.2 Å². The van der Waals surface area contributed by atoms with Crippen molar-refractivity contribution in [2.24, 2.45) is 0 Å². The number of hydrogen-bond donors (Lipinski definition) is 2. The van der Waals surface area contributed by atoms with Crippen molar-refractivity contribution in [3.05, 3.63) is 42.5 Å². The van der Waals surface area contributed by atoms with Gasteiger partial charge in [-0.15, -0.1) is 0 Å². The molecule has 2 aromatic carbocycles. The Balaban J connectivity index is 1.37. The van der Waals surface area contributed by atoms with Gasteiger partial charge in [-0.2, -0.15) is 0 Å². The number of ether oxygens (including phenoxy) is 3. The molecule has 0 unspecified atom stereocenters. The van der Waals surface area contributed by atoms with Crippen LogP contribution in [-0.4, -0.2) is 44.4 Å². The average Bonchev–Trinajstić information content (AvgIpc) is 2.67. The van der Waals surface area contributed by atoms with Crippen LogP contribution in [0, 0.1) is 0 Å². The maximum Gasteiger partial charge on any atom is 0.129 e. The summed E-state index contributed by atoms with van der Waals surface area (Å²) in [5.74, 6) is 2.24. The van der Waals surface area contributed by atoms with Crippen LogP contribution < -0.4 is 20.9 Å². The zero-order valence-corrected chi connectivity index (χ0v) is 15.0. The van der Waals surface area contributed by atoms with E-state index in [2.05, 4.69) is 4.90 Å². The number of anilines is 2. The summed E-state index contributed by atoms with van der Waals surface area (Å²) in [6, 6.07) is 12.8. The third-order valence-corrected chi connectivity index (χ3v) is 4.36. The van der Waals surface area contributed by atoms with E-state index in [1.54, 1.807) is 18.2 Å². The molecule has 1 aliphatic heterocycles. The lowest BCUT2D eigenvalue weighted by molar-refractivity contribution is 0.0368. The summed E-state index contributed by atoms with van der Waals surface area (Å²) in [5.41, 5.74) is 12.6. The van der Waals surface area contributed by atoms with Crippen molar-refractivity contribution in [3.63, 3.8) is 0 Å². The maximum absolute atomic E-state index is 5.80. The number of morpholine rings is 1. The Labute approximate surface area is 154 Å². The Morgan fingerprint density at radius 1 is 0.846 bits per heavy atom. The summed E-state index contributed by atoms with van der Waals surface area (Å²) < 4.78 is 16.9. The maximum atomic E-state index is 5.80. The van der Waals surface area contributed by atoms with Crippen LogP contribution in [0.4, 0.5) is 11.4 Å². The van der Waals surface area contributed by atoms with Crippen LogP contribution in [0.15, 0.2) is 42.5 Å². The van der Waals surface area contributed by atoms with Crippen LogP contribution in [0.5, 0.6) is 17.2 Å². The fourth-order valence-corrected chi connectivity index (χ4v) is 2.81. The Hall–Kier alpha value is -2.44. The first kappa shape index (κ1) is 18.4. The number of nitrogen functional groups attached to an aromatic ring is 2. The standard InChI is InChI=1S/C20H27N3O3/c21-19-8-7-18(15-20(19)22)26-17-5-3-16(4-6-17)25-12-2-1-9-23-10-13-24-14-11-23/h3-8,15H,1-2,9-14,21-22H2. The largest absolute Gasteiger partial charge is 0.494 e. The molecule has 0 aromatic heterocycles. The molecule has 6 nitrogen and oxygen atoms in total. The van der Waals surface area contributed by atoms with Gasteiger partial charge in [0.2, 0.25) is 0 Å². The Morgan fingerprint density at radius 3 is 2.27 bits per heavy atom. The van der Waals surface area contributed by atoms with E-state index in [4.69, 9.17) is 25.7 Å². The molecule has 0 bridgehead atoms. The lowest BCUT2D eigenvalue weighted by Gasteiger charge is -2.26. The van der Waals surface area contributed by atoms with E-state index in [1.165, 1.54) is 0 Å². The molecule has 26 heavy (non-hydrogen) atoms. The van der Waals surface area contributed by atoms with E-state index in [1.807, 2.05) is 24.3 Å². The number of rotatable bonds is 8. The van der Waals surface area contributed by atoms with Gasteiger partial charge in [0, 0.05) is 19.2 Å². The molecule has 0 atom stereocenters. The Bertz CT molecular complexity index is 685. The first-order chi connectivity index (χ1) is 12.7. The fourth-order valence-electron chi connectivity index (χ4n) is 2.81. The average molecular weight is 357 g/mol. The van der Waals surface area contributed by atoms with Crippen LogP contribution in [0.3, 0.4) is 0 Å². The van der Waals surface area contributed by atoms with E-state index in [9.17, 15) is 0 Å². The normalized spacial score (nSPS) is 14.9. The minimum Gasteiger partial charge on any atom is -0.494 e. The van der Waals surface area contributed by atoms with Gasteiger partial charge in [0.15, 0.2) is 0 Å². The molecule has 0 amide bonds. The molecule has 1 aliphatic rings. The minimum atomic E-state index is 0.513. The SMILES string of the molecule is Nc1ccc(Oc2ccc(OCCCCN3CCOCC3)cc2)cc1N. The molecule has 1 saturated heterocycles. The summed E-state index contributed by atoms with van der Waals surface area (Å²) in [6.07, 6.45) is 2.18. The van der Waals surface area contributed by atoms with E-state index < -0.39 is 0 Å².